The van der Waals surface area contributed by atoms with Crippen LogP contribution in [0.2, 0.25) is 0 Å². The Morgan fingerprint density at radius 2 is 1.96 bits per heavy atom. The maximum absolute atomic E-state index is 13.2. The third-order valence-electron chi connectivity index (χ3n) is 3.42. The predicted octanol–water partition coefficient (Wildman–Crippen LogP) is 1.60. The van der Waals surface area contributed by atoms with Gasteiger partial charge in [-0.2, -0.15) is 4.31 Å². The summed E-state index contributed by atoms with van der Waals surface area (Å²) in [5.74, 6) is -1.52. The van der Waals surface area contributed by atoms with Crippen molar-refractivity contribution in [1.29, 1.82) is 0 Å². The number of ether oxygens (including phenoxy) is 1. The van der Waals surface area contributed by atoms with E-state index in [1.165, 1.54) is 12.5 Å². The van der Waals surface area contributed by atoms with Crippen LogP contribution in [-0.2, 0) is 10.0 Å². The minimum Gasteiger partial charge on any atom is -0.473 e. The van der Waals surface area contributed by atoms with Gasteiger partial charge in [0.2, 0.25) is 15.9 Å². The van der Waals surface area contributed by atoms with E-state index in [1.54, 1.807) is 6.07 Å². The topological polar surface area (TPSA) is 72.4 Å². The zero-order valence-corrected chi connectivity index (χ0v) is 12.7. The van der Waals surface area contributed by atoms with Gasteiger partial charge in [-0.05, 0) is 18.6 Å². The second-order valence-electron chi connectivity index (χ2n) is 5.04. The number of rotatable bonds is 4. The van der Waals surface area contributed by atoms with E-state index in [4.69, 9.17) is 4.74 Å². The summed E-state index contributed by atoms with van der Waals surface area (Å²) in [7, 11) is -3.97. The van der Waals surface area contributed by atoms with Gasteiger partial charge in [-0.15, -0.1) is 0 Å². The molecule has 1 aromatic carbocycles. The highest BCUT2D eigenvalue weighted by atomic mass is 32.2. The standard InChI is InChI=1S/C14H13F2N3O3S/c15-10-5-11(16)7-13(6-10)23(20,21)19-4-2-12(8-19)22-14-1-3-17-9-18-14/h1,3,5-7,9,12H,2,4,8H2/t12-/m0/s1. The molecular weight excluding hydrogens is 328 g/mol. The summed E-state index contributed by atoms with van der Waals surface area (Å²) in [6.07, 6.45) is 2.93. The van der Waals surface area contributed by atoms with E-state index >= 15 is 0 Å². The average Bonchev–Trinajstić information content (AvgIpc) is 2.96. The van der Waals surface area contributed by atoms with Crippen molar-refractivity contribution in [1.82, 2.24) is 14.3 Å². The van der Waals surface area contributed by atoms with Crippen molar-refractivity contribution < 1.29 is 21.9 Å². The molecule has 0 spiro atoms. The first-order valence-corrected chi connectivity index (χ1v) is 8.28. The fourth-order valence-corrected chi connectivity index (χ4v) is 3.89. The van der Waals surface area contributed by atoms with E-state index in [0.717, 1.165) is 16.4 Å². The second-order valence-corrected chi connectivity index (χ2v) is 6.98. The number of halogens is 2. The van der Waals surface area contributed by atoms with Gasteiger partial charge in [-0.1, -0.05) is 0 Å². The van der Waals surface area contributed by atoms with Gasteiger partial charge in [-0.25, -0.2) is 27.2 Å². The zero-order chi connectivity index (χ0) is 16.4. The highest BCUT2D eigenvalue weighted by molar-refractivity contribution is 7.89. The first kappa shape index (κ1) is 15.8. The number of benzene rings is 1. The Labute approximate surface area is 131 Å². The third kappa shape index (κ3) is 3.45. The molecule has 0 bridgehead atoms. The van der Waals surface area contributed by atoms with Crippen LogP contribution >= 0.6 is 0 Å². The van der Waals surface area contributed by atoms with Crippen molar-refractivity contribution in [3.63, 3.8) is 0 Å². The molecule has 2 aromatic rings. The van der Waals surface area contributed by atoms with Crippen LogP contribution in [0.25, 0.3) is 0 Å². The number of aromatic nitrogens is 2. The summed E-state index contributed by atoms with van der Waals surface area (Å²) in [5, 5.41) is 0. The van der Waals surface area contributed by atoms with Crippen LogP contribution in [0.4, 0.5) is 8.78 Å². The number of hydrogen-bond donors (Lipinski definition) is 0. The Kier molecular flexibility index (Phi) is 4.22. The Morgan fingerprint density at radius 1 is 1.22 bits per heavy atom. The van der Waals surface area contributed by atoms with Crippen LogP contribution in [0.3, 0.4) is 0 Å². The van der Waals surface area contributed by atoms with Crippen molar-refractivity contribution in [2.75, 3.05) is 13.1 Å². The molecule has 3 rings (SSSR count). The second kappa shape index (κ2) is 6.17. The van der Waals surface area contributed by atoms with Gasteiger partial charge in [0.25, 0.3) is 0 Å². The van der Waals surface area contributed by atoms with Crippen LogP contribution in [0.15, 0.2) is 41.7 Å². The maximum atomic E-state index is 13.2. The summed E-state index contributed by atoms with van der Waals surface area (Å²) in [6.45, 7) is 0.292. The molecule has 1 fully saturated rings. The molecule has 0 saturated carbocycles. The Balaban J connectivity index is 1.75. The summed E-state index contributed by atoms with van der Waals surface area (Å²) >= 11 is 0. The lowest BCUT2D eigenvalue weighted by molar-refractivity contribution is 0.206. The van der Waals surface area contributed by atoms with Gasteiger partial charge < -0.3 is 4.74 Å². The van der Waals surface area contributed by atoms with Crippen molar-refractivity contribution in [2.24, 2.45) is 0 Å². The molecule has 122 valence electrons. The van der Waals surface area contributed by atoms with Crippen molar-refractivity contribution in [2.45, 2.75) is 17.4 Å². The fraction of sp³-hybridized carbons (Fsp3) is 0.286. The fourth-order valence-electron chi connectivity index (χ4n) is 2.36. The molecule has 0 N–H and O–H groups in total. The number of hydrogen-bond acceptors (Lipinski definition) is 5. The Bertz CT molecular complexity index is 782. The molecule has 6 nitrogen and oxygen atoms in total. The van der Waals surface area contributed by atoms with Crippen LogP contribution in [-0.4, -0.2) is 41.9 Å². The predicted molar refractivity (Wildman–Crippen MR) is 76.2 cm³/mol. The van der Waals surface area contributed by atoms with Gasteiger partial charge in [0.05, 0.1) is 11.4 Å². The molecule has 0 amide bonds. The van der Waals surface area contributed by atoms with E-state index in [9.17, 15) is 17.2 Å². The average molecular weight is 341 g/mol. The van der Waals surface area contributed by atoms with Gasteiger partial charge in [-0.3, -0.25) is 0 Å². The quantitative estimate of drug-likeness (QED) is 0.845. The van der Waals surface area contributed by atoms with Crippen LogP contribution in [0, 0.1) is 11.6 Å². The maximum Gasteiger partial charge on any atom is 0.243 e. The third-order valence-corrected chi connectivity index (χ3v) is 5.27. The van der Waals surface area contributed by atoms with Gasteiger partial charge in [0.1, 0.15) is 24.1 Å². The normalized spacial score (nSPS) is 19.0. The molecule has 9 heteroatoms. The lowest BCUT2D eigenvalue weighted by Gasteiger charge is -2.17. The molecule has 1 saturated heterocycles. The number of nitrogens with zero attached hydrogens (tertiary/aromatic N) is 3. The molecule has 2 heterocycles. The monoisotopic (exact) mass is 341 g/mol. The van der Waals surface area contributed by atoms with Crippen molar-refractivity contribution in [3.8, 4) is 5.88 Å². The van der Waals surface area contributed by atoms with Crippen LogP contribution in [0.1, 0.15) is 6.42 Å². The zero-order valence-electron chi connectivity index (χ0n) is 11.9. The van der Waals surface area contributed by atoms with Crippen molar-refractivity contribution >= 4 is 10.0 Å². The van der Waals surface area contributed by atoms with E-state index in [2.05, 4.69) is 9.97 Å². The molecule has 0 radical (unpaired) electrons. The minimum absolute atomic E-state index is 0.0878. The highest BCUT2D eigenvalue weighted by Gasteiger charge is 2.34. The minimum atomic E-state index is -3.97. The number of sulfonamides is 1. The molecular formula is C14H13F2N3O3S. The Hall–Kier alpha value is -2.13. The largest absolute Gasteiger partial charge is 0.473 e. The summed E-state index contributed by atoms with van der Waals surface area (Å²) < 4.78 is 58.1. The SMILES string of the molecule is O=S(=O)(c1cc(F)cc(F)c1)N1CC[C@H](Oc2ccncn2)C1. The smallest absolute Gasteiger partial charge is 0.243 e. The van der Waals surface area contributed by atoms with Crippen LogP contribution in [0.5, 0.6) is 5.88 Å². The first-order valence-electron chi connectivity index (χ1n) is 6.84. The lowest BCUT2D eigenvalue weighted by Crippen LogP contribution is -2.31. The summed E-state index contributed by atoms with van der Waals surface area (Å²) in [5.41, 5.74) is 0. The lowest BCUT2D eigenvalue weighted by atomic mass is 10.3. The van der Waals surface area contributed by atoms with Gasteiger partial charge >= 0.3 is 0 Å². The Morgan fingerprint density at radius 3 is 2.61 bits per heavy atom. The molecule has 1 atom stereocenters. The first-order chi connectivity index (χ1) is 10.9. The van der Waals surface area contributed by atoms with E-state index in [-0.39, 0.29) is 19.2 Å². The molecule has 1 aromatic heterocycles. The van der Waals surface area contributed by atoms with Crippen LogP contribution < -0.4 is 4.74 Å². The molecule has 0 aliphatic carbocycles. The van der Waals surface area contributed by atoms with Gasteiger partial charge in [0.15, 0.2) is 0 Å². The summed E-state index contributed by atoms with van der Waals surface area (Å²) in [4.78, 5) is 7.27. The van der Waals surface area contributed by atoms with E-state index < -0.39 is 26.6 Å². The molecule has 1 aliphatic heterocycles. The molecule has 23 heavy (non-hydrogen) atoms. The molecule has 0 unspecified atom stereocenters. The van der Waals surface area contributed by atoms with E-state index in [1.807, 2.05) is 0 Å². The van der Waals surface area contributed by atoms with Gasteiger partial charge in [0, 0.05) is 24.9 Å². The summed E-state index contributed by atoms with van der Waals surface area (Å²) in [6, 6.07) is 3.80. The molecule has 1 aliphatic rings. The van der Waals surface area contributed by atoms with E-state index in [0.29, 0.717) is 18.4 Å². The van der Waals surface area contributed by atoms with Crippen molar-refractivity contribution in [3.05, 3.63) is 48.4 Å². The highest BCUT2D eigenvalue weighted by Crippen LogP contribution is 2.24.